The first-order chi connectivity index (χ1) is 12.5. The van der Waals surface area contributed by atoms with E-state index in [9.17, 15) is 14.3 Å². The second-order valence-corrected chi connectivity index (χ2v) is 7.21. The second-order valence-electron chi connectivity index (χ2n) is 7.21. The molecular formula is C22H24F2O2. The van der Waals surface area contributed by atoms with E-state index >= 15 is 4.39 Å². The van der Waals surface area contributed by atoms with Crippen LogP contribution in [0.5, 0.6) is 0 Å². The van der Waals surface area contributed by atoms with Crippen LogP contribution in [-0.4, -0.2) is 11.1 Å². The predicted molar refractivity (Wildman–Crippen MR) is 98.4 cm³/mol. The molecule has 0 aromatic heterocycles. The molecule has 0 heterocycles. The molecule has 1 fully saturated rings. The topological polar surface area (TPSA) is 37.3 Å². The SMILES string of the molecule is CCC[C@H]1CC[C@H](c2c(-c3ccc(F)cc3)ccc(C(=O)O)c2F)CC1. The Morgan fingerprint density at radius 3 is 2.27 bits per heavy atom. The average Bonchev–Trinajstić information content (AvgIpc) is 2.63. The summed E-state index contributed by atoms with van der Waals surface area (Å²) in [5.74, 6) is -1.57. The molecule has 1 aliphatic carbocycles. The lowest BCUT2D eigenvalue weighted by Gasteiger charge is -2.30. The summed E-state index contributed by atoms with van der Waals surface area (Å²) in [4.78, 5) is 11.4. The molecule has 4 heteroatoms. The van der Waals surface area contributed by atoms with Crippen LogP contribution >= 0.6 is 0 Å². The van der Waals surface area contributed by atoms with Gasteiger partial charge in [0, 0.05) is 0 Å². The maximum atomic E-state index is 15.1. The van der Waals surface area contributed by atoms with Gasteiger partial charge in [-0.1, -0.05) is 38.0 Å². The number of aromatic carboxylic acids is 1. The summed E-state index contributed by atoms with van der Waals surface area (Å²) >= 11 is 0. The Bertz CT molecular complexity index is 775. The Kier molecular flexibility index (Phi) is 5.70. The zero-order valence-electron chi connectivity index (χ0n) is 15.0. The summed E-state index contributed by atoms with van der Waals surface area (Å²) in [6, 6.07) is 8.91. The van der Waals surface area contributed by atoms with E-state index in [2.05, 4.69) is 6.92 Å². The largest absolute Gasteiger partial charge is 0.478 e. The van der Waals surface area contributed by atoms with Crippen LogP contribution in [0.1, 0.15) is 67.3 Å². The van der Waals surface area contributed by atoms with Gasteiger partial charge in [-0.3, -0.25) is 0 Å². The first kappa shape index (κ1) is 18.6. The van der Waals surface area contributed by atoms with Crippen molar-refractivity contribution in [2.75, 3.05) is 0 Å². The molecule has 2 aromatic rings. The molecule has 0 saturated heterocycles. The van der Waals surface area contributed by atoms with Gasteiger partial charge in [-0.25, -0.2) is 13.6 Å². The van der Waals surface area contributed by atoms with Gasteiger partial charge in [-0.2, -0.15) is 0 Å². The van der Waals surface area contributed by atoms with Crippen LogP contribution in [-0.2, 0) is 0 Å². The van der Waals surface area contributed by atoms with Crippen molar-refractivity contribution in [1.29, 1.82) is 0 Å². The average molecular weight is 358 g/mol. The normalized spacial score (nSPS) is 20.1. The van der Waals surface area contributed by atoms with Gasteiger partial charge in [-0.05, 0) is 72.4 Å². The molecule has 0 bridgehead atoms. The van der Waals surface area contributed by atoms with Gasteiger partial charge in [-0.15, -0.1) is 0 Å². The maximum Gasteiger partial charge on any atom is 0.338 e. The number of hydrogen-bond donors (Lipinski definition) is 1. The molecule has 2 nitrogen and oxygen atoms in total. The molecule has 1 aliphatic rings. The molecule has 138 valence electrons. The highest BCUT2D eigenvalue weighted by atomic mass is 19.1. The highest BCUT2D eigenvalue weighted by Crippen LogP contribution is 2.43. The zero-order chi connectivity index (χ0) is 18.7. The number of benzene rings is 2. The van der Waals surface area contributed by atoms with Crippen LogP contribution < -0.4 is 0 Å². The third-order valence-electron chi connectivity index (χ3n) is 5.52. The summed E-state index contributed by atoms with van der Waals surface area (Å²) in [7, 11) is 0. The highest BCUT2D eigenvalue weighted by Gasteiger charge is 2.28. The second kappa shape index (κ2) is 7.98. The van der Waals surface area contributed by atoms with Crippen molar-refractivity contribution in [2.45, 2.75) is 51.4 Å². The Morgan fingerprint density at radius 1 is 1.04 bits per heavy atom. The van der Waals surface area contributed by atoms with Gasteiger partial charge < -0.3 is 5.11 Å². The molecule has 0 amide bonds. The van der Waals surface area contributed by atoms with E-state index in [0.29, 0.717) is 22.6 Å². The maximum absolute atomic E-state index is 15.1. The number of rotatable bonds is 5. The van der Waals surface area contributed by atoms with E-state index in [1.165, 1.54) is 24.6 Å². The molecule has 1 N–H and O–H groups in total. The van der Waals surface area contributed by atoms with Gasteiger partial charge in [0.1, 0.15) is 11.6 Å². The van der Waals surface area contributed by atoms with E-state index in [1.807, 2.05) is 0 Å². The van der Waals surface area contributed by atoms with Crippen LogP contribution in [0.2, 0.25) is 0 Å². The van der Waals surface area contributed by atoms with Crippen LogP contribution in [0, 0.1) is 17.6 Å². The standard InChI is InChI=1S/C22H24F2O2/c1-2-3-14-4-6-16(7-5-14)20-18(15-8-10-17(23)11-9-15)12-13-19(21(20)24)22(25)26/h8-14,16H,2-7H2,1H3,(H,25,26)/t14-,16-. The smallest absolute Gasteiger partial charge is 0.338 e. The fourth-order valence-electron chi connectivity index (χ4n) is 4.19. The Hall–Kier alpha value is -2.23. The quantitative estimate of drug-likeness (QED) is 0.671. The third kappa shape index (κ3) is 3.79. The molecule has 0 spiro atoms. The monoisotopic (exact) mass is 358 g/mol. The first-order valence-electron chi connectivity index (χ1n) is 9.32. The van der Waals surface area contributed by atoms with E-state index in [1.54, 1.807) is 18.2 Å². The van der Waals surface area contributed by atoms with Crippen molar-refractivity contribution in [1.82, 2.24) is 0 Å². The summed E-state index contributed by atoms with van der Waals surface area (Å²) in [6.07, 6.45) is 6.14. The minimum absolute atomic E-state index is 0.00228. The van der Waals surface area contributed by atoms with E-state index in [0.717, 1.165) is 32.1 Å². The molecule has 0 atom stereocenters. The van der Waals surface area contributed by atoms with Crippen LogP contribution in [0.4, 0.5) is 8.78 Å². The zero-order valence-corrected chi connectivity index (χ0v) is 15.0. The number of hydrogen-bond acceptors (Lipinski definition) is 1. The lowest BCUT2D eigenvalue weighted by atomic mass is 9.75. The number of carbonyl (C=O) groups is 1. The fourth-order valence-corrected chi connectivity index (χ4v) is 4.19. The van der Waals surface area contributed by atoms with Gasteiger partial charge in [0.2, 0.25) is 0 Å². The summed E-state index contributed by atoms with van der Waals surface area (Å²) in [5, 5.41) is 9.31. The Labute approximate surface area is 152 Å². The third-order valence-corrected chi connectivity index (χ3v) is 5.52. The number of carboxylic acids is 1. The van der Waals surface area contributed by atoms with Crippen molar-refractivity contribution in [3.05, 3.63) is 59.2 Å². The minimum atomic E-state index is -1.26. The van der Waals surface area contributed by atoms with E-state index in [4.69, 9.17) is 0 Å². The molecule has 26 heavy (non-hydrogen) atoms. The van der Waals surface area contributed by atoms with Gasteiger partial charge in [0.05, 0.1) is 5.56 Å². The minimum Gasteiger partial charge on any atom is -0.478 e. The highest BCUT2D eigenvalue weighted by molar-refractivity contribution is 5.89. The number of halogens is 2. The molecule has 0 radical (unpaired) electrons. The summed E-state index contributed by atoms with van der Waals surface area (Å²) in [5.41, 5.74) is 1.58. The van der Waals surface area contributed by atoms with Crippen LogP contribution in [0.25, 0.3) is 11.1 Å². The van der Waals surface area contributed by atoms with Crippen LogP contribution in [0.3, 0.4) is 0 Å². The predicted octanol–water partition coefficient (Wildman–Crippen LogP) is 6.40. The lowest BCUT2D eigenvalue weighted by molar-refractivity contribution is 0.0691. The van der Waals surface area contributed by atoms with Crippen molar-refractivity contribution in [3.8, 4) is 11.1 Å². The molecule has 1 saturated carbocycles. The van der Waals surface area contributed by atoms with Crippen molar-refractivity contribution in [2.24, 2.45) is 5.92 Å². The summed E-state index contributed by atoms with van der Waals surface area (Å²) in [6.45, 7) is 2.18. The molecule has 3 rings (SSSR count). The van der Waals surface area contributed by atoms with Crippen molar-refractivity contribution in [3.63, 3.8) is 0 Å². The van der Waals surface area contributed by atoms with E-state index < -0.39 is 11.8 Å². The number of carboxylic acid groups (broad SMARTS) is 1. The Balaban J connectivity index is 2.01. The molecule has 2 aromatic carbocycles. The molecular weight excluding hydrogens is 334 g/mol. The van der Waals surface area contributed by atoms with Gasteiger partial charge in [0.15, 0.2) is 0 Å². The lowest BCUT2D eigenvalue weighted by Crippen LogP contribution is -2.16. The molecule has 0 aliphatic heterocycles. The van der Waals surface area contributed by atoms with Crippen LogP contribution in [0.15, 0.2) is 36.4 Å². The van der Waals surface area contributed by atoms with E-state index in [-0.39, 0.29) is 17.3 Å². The van der Waals surface area contributed by atoms with Crippen molar-refractivity contribution >= 4 is 5.97 Å². The van der Waals surface area contributed by atoms with Crippen molar-refractivity contribution < 1.29 is 18.7 Å². The molecule has 0 unspecified atom stereocenters. The summed E-state index contributed by atoms with van der Waals surface area (Å²) < 4.78 is 28.4. The van der Waals surface area contributed by atoms with Gasteiger partial charge in [0.25, 0.3) is 0 Å². The fraction of sp³-hybridized carbons (Fsp3) is 0.409. The Morgan fingerprint density at radius 2 is 1.69 bits per heavy atom. The van der Waals surface area contributed by atoms with Gasteiger partial charge >= 0.3 is 5.97 Å². The first-order valence-corrected chi connectivity index (χ1v) is 9.32.